The van der Waals surface area contributed by atoms with Crippen LogP contribution in [0.25, 0.3) is 0 Å². The summed E-state index contributed by atoms with van der Waals surface area (Å²) in [5.41, 5.74) is 1.37. The van der Waals surface area contributed by atoms with Crippen LogP contribution in [0.3, 0.4) is 0 Å². The highest BCUT2D eigenvalue weighted by Gasteiger charge is 2.44. The average molecular weight is 263 g/mol. The van der Waals surface area contributed by atoms with E-state index in [1.165, 1.54) is 0 Å². The molecule has 1 saturated carbocycles. The van der Waals surface area contributed by atoms with Gasteiger partial charge in [0, 0.05) is 11.1 Å². The molecule has 1 fully saturated rings. The van der Waals surface area contributed by atoms with Crippen molar-refractivity contribution in [2.45, 2.75) is 26.7 Å². The van der Waals surface area contributed by atoms with E-state index >= 15 is 0 Å². The Bertz CT molecular complexity index is 520. The fourth-order valence-electron chi connectivity index (χ4n) is 1.70. The molecule has 0 unspecified atom stereocenters. The lowest BCUT2D eigenvalue weighted by atomic mass is 10.1. The largest absolute Gasteiger partial charge is 0.482 e. The van der Waals surface area contributed by atoms with Gasteiger partial charge in [0.15, 0.2) is 6.61 Å². The van der Waals surface area contributed by atoms with Crippen molar-refractivity contribution in [1.82, 2.24) is 0 Å². The summed E-state index contributed by atoms with van der Waals surface area (Å²) >= 11 is 0. The maximum absolute atomic E-state index is 11.9. The molecule has 2 N–H and O–H groups in total. The number of benzene rings is 1. The number of amides is 1. The topological polar surface area (TPSA) is 75.6 Å². The third-order valence-electron chi connectivity index (χ3n) is 3.36. The zero-order valence-corrected chi connectivity index (χ0v) is 11.0. The first-order valence-electron chi connectivity index (χ1n) is 6.17. The number of hydrogen-bond acceptors (Lipinski definition) is 3. The molecule has 0 aromatic heterocycles. The van der Waals surface area contributed by atoms with E-state index in [0.29, 0.717) is 5.75 Å². The van der Waals surface area contributed by atoms with E-state index in [0.717, 1.165) is 24.1 Å². The molecule has 0 radical (unpaired) electrons. The maximum Gasteiger partial charge on any atom is 0.341 e. The van der Waals surface area contributed by atoms with Crippen LogP contribution in [0.4, 0.5) is 5.69 Å². The highest BCUT2D eigenvalue weighted by atomic mass is 16.5. The summed E-state index contributed by atoms with van der Waals surface area (Å²) < 4.78 is 5.08. The summed E-state index contributed by atoms with van der Waals surface area (Å²) in [4.78, 5) is 22.3. The van der Waals surface area contributed by atoms with E-state index in [2.05, 4.69) is 5.32 Å². The van der Waals surface area contributed by atoms with Crippen LogP contribution < -0.4 is 10.1 Å². The molecule has 5 nitrogen and oxygen atoms in total. The maximum atomic E-state index is 11.9. The van der Waals surface area contributed by atoms with Gasteiger partial charge >= 0.3 is 5.97 Å². The van der Waals surface area contributed by atoms with Gasteiger partial charge in [-0.15, -0.1) is 0 Å². The van der Waals surface area contributed by atoms with Crippen molar-refractivity contribution in [2.24, 2.45) is 5.41 Å². The second kappa shape index (κ2) is 4.91. The van der Waals surface area contributed by atoms with E-state index in [1.54, 1.807) is 18.2 Å². The Morgan fingerprint density at radius 1 is 1.42 bits per heavy atom. The van der Waals surface area contributed by atoms with Gasteiger partial charge in [0.2, 0.25) is 5.91 Å². The number of ether oxygens (including phenoxy) is 1. The monoisotopic (exact) mass is 263 g/mol. The van der Waals surface area contributed by atoms with Crippen LogP contribution in [-0.2, 0) is 9.59 Å². The lowest BCUT2D eigenvalue weighted by Crippen LogP contribution is -2.21. The summed E-state index contributed by atoms with van der Waals surface area (Å²) in [5.74, 6) is -0.498. The molecule has 1 aromatic carbocycles. The van der Waals surface area contributed by atoms with Crippen LogP contribution in [0.1, 0.15) is 25.3 Å². The Hall–Kier alpha value is -2.04. The van der Waals surface area contributed by atoms with E-state index in [-0.39, 0.29) is 17.9 Å². The lowest BCUT2D eigenvalue weighted by Gasteiger charge is -2.13. The van der Waals surface area contributed by atoms with Crippen molar-refractivity contribution >= 4 is 17.6 Å². The van der Waals surface area contributed by atoms with Crippen LogP contribution in [0, 0.1) is 12.3 Å². The normalized spacial score (nSPS) is 15.7. The first-order chi connectivity index (χ1) is 8.90. The van der Waals surface area contributed by atoms with Crippen molar-refractivity contribution in [3.63, 3.8) is 0 Å². The molecular formula is C14H17NO4. The SMILES string of the molecule is Cc1cc(OCC(=O)O)ccc1NC(=O)C1(C)CC1. The number of aliphatic carboxylic acids is 1. The smallest absolute Gasteiger partial charge is 0.341 e. The van der Waals surface area contributed by atoms with Crippen LogP contribution in [0.5, 0.6) is 5.75 Å². The van der Waals surface area contributed by atoms with E-state index in [9.17, 15) is 9.59 Å². The Morgan fingerprint density at radius 2 is 2.11 bits per heavy atom. The Morgan fingerprint density at radius 3 is 2.63 bits per heavy atom. The molecule has 0 bridgehead atoms. The molecule has 2 rings (SSSR count). The molecule has 0 spiro atoms. The van der Waals surface area contributed by atoms with Gasteiger partial charge in [-0.05, 0) is 43.5 Å². The van der Waals surface area contributed by atoms with Gasteiger partial charge < -0.3 is 15.2 Å². The third-order valence-corrected chi connectivity index (χ3v) is 3.36. The van der Waals surface area contributed by atoms with E-state index in [4.69, 9.17) is 9.84 Å². The molecule has 5 heteroatoms. The van der Waals surface area contributed by atoms with Gasteiger partial charge in [-0.25, -0.2) is 4.79 Å². The van der Waals surface area contributed by atoms with E-state index in [1.807, 2.05) is 13.8 Å². The number of carboxylic acids is 1. The molecule has 0 atom stereocenters. The molecule has 1 aliphatic carbocycles. The molecule has 0 heterocycles. The number of rotatable bonds is 5. The molecule has 102 valence electrons. The van der Waals surface area contributed by atoms with E-state index < -0.39 is 5.97 Å². The van der Waals surface area contributed by atoms with Crippen molar-refractivity contribution in [2.75, 3.05) is 11.9 Å². The third kappa shape index (κ3) is 3.24. The van der Waals surface area contributed by atoms with Gasteiger partial charge in [0.05, 0.1) is 0 Å². The molecule has 1 aliphatic rings. The fraction of sp³-hybridized carbons (Fsp3) is 0.429. The van der Waals surface area contributed by atoms with Crippen molar-refractivity contribution in [1.29, 1.82) is 0 Å². The highest BCUT2D eigenvalue weighted by Crippen LogP contribution is 2.45. The van der Waals surface area contributed by atoms with Gasteiger partial charge in [0.25, 0.3) is 0 Å². The Balaban J connectivity index is 2.02. The highest BCUT2D eigenvalue weighted by molar-refractivity contribution is 5.97. The molecule has 0 aliphatic heterocycles. The number of carboxylic acid groups (broad SMARTS) is 1. The van der Waals surface area contributed by atoms with Gasteiger partial charge in [0.1, 0.15) is 5.75 Å². The molecule has 19 heavy (non-hydrogen) atoms. The predicted octanol–water partition coefficient (Wildman–Crippen LogP) is 2.20. The minimum Gasteiger partial charge on any atom is -0.482 e. The Kier molecular flexibility index (Phi) is 3.46. The zero-order chi connectivity index (χ0) is 14.0. The summed E-state index contributed by atoms with van der Waals surface area (Å²) in [6.07, 6.45) is 1.86. The Labute approximate surface area is 111 Å². The predicted molar refractivity (Wildman–Crippen MR) is 70.3 cm³/mol. The lowest BCUT2D eigenvalue weighted by molar-refractivity contribution is -0.139. The number of anilines is 1. The summed E-state index contributed by atoms with van der Waals surface area (Å²) in [6.45, 7) is 3.42. The average Bonchev–Trinajstić information content (AvgIpc) is 3.09. The summed E-state index contributed by atoms with van der Waals surface area (Å²) in [6, 6.07) is 5.10. The minimum absolute atomic E-state index is 0.0369. The first-order valence-corrected chi connectivity index (χ1v) is 6.17. The second-order valence-electron chi connectivity index (χ2n) is 5.17. The van der Waals surface area contributed by atoms with Gasteiger partial charge in [-0.1, -0.05) is 6.92 Å². The number of nitrogens with one attached hydrogen (secondary N) is 1. The first kappa shape index (κ1) is 13.4. The summed E-state index contributed by atoms with van der Waals surface area (Å²) in [5, 5.41) is 11.4. The number of aryl methyl sites for hydroxylation is 1. The van der Waals surface area contributed by atoms with Gasteiger partial charge in [-0.3, -0.25) is 4.79 Å². The molecular weight excluding hydrogens is 246 g/mol. The number of carbonyl (C=O) groups excluding carboxylic acids is 1. The zero-order valence-electron chi connectivity index (χ0n) is 11.0. The second-order valence-corrected chi connectivity index (χ2v) is 5.17. The van der Waals surface area contributed by atoms with Crippen molar-refractivity contribution < 1.29 is 19.4 Å². The summed E-state index contributed by atoms with van der Waals surface area (Å²) in [7, 11) is 0. The van der Waals surface area contributed by atoms with Gasteiger partial charge in [-0.2, -0.15) is 0 Å². The molecule has 0 saturated heterocycles. The van der Waals surface area contributed by atoms with Crippen LogP contribution in [-0.4, -0.2) is 23.6 Å². The van der Waals surface area contributed by atoms with Crippen LogP contribution in [0.2, 0.25) is 0 Å². The fourth-order valence-corrected chi connectivity index (χ4v) is 1.70. The number of carbonyl (C=O) groups is 2. The molecule has 1 amide bonds. The molecule has 1 aromatic rings. The van der Waals surface area contributed by atoms with Crippen LogP contribution >= 0.6 is 0 Å². The van der Waals surface area contributed by atoms with Crippen molar-refractivity contribution in [3.05, 3.63) is 23.8 Å². The standard InChI is InChI=1S/C14H17NO4/c1-9-7-10(19-8-12(16)17)3-4-11(9)15-13(18)14(2)5-6-14/h3-4,7H,5-6,8H2,1-2H3,(H,15,18)(H,16,17). The van der Waals surface area contributed by atoms with Crippen LogP contribution in [0.15, 0.2) is 18.2 Å². The van der Waals surface area contributed by atoms with Crippen molar-refractivity contribution in [3.8, 4) is 5.75 Å². The number of hydrogen-bond donors (Lipinski definition) is 2. The quantitative estimate of drug-likeness (QED) is 0.853. The minimum atomic E-state index is -1.02.